The summed E-state index contributed by atoms with van der Waals surface area (Å²) in [7, 11) is 2.06. The van der Waals surface area contributed by atoms with Gasteiger partial charge in [0.1, 0.15) is 0 Å². The van der Waals surface area contributed by atoms with E-state index in [-0.39, 0.29) is 11.3 Å². The number of likely N-dealkylation sites (N-methyl/N-ethyl adjacent to an activating group) is 1. The summed E-state index contributed by atoms with van der Waals surface area (Å²) in [5.74, 6) is 0.265. The molecular weight excluding hydrogens is 190 g/mol. The molecule has 90 valence electrons. The smallest absolute Gasteiger partial charge is 0.0963 e. The highest BCUT2D eigenvalue weighted by atomic mass is 16.5. The number of amidine groups is 1. The lowest BCUT2D eigenvalue weighted by molar-refractivity contribution is 0.119. The summed E-state index contributed by atoms with van der Waals surface area (Å²) in [4.78, 5) is 2.21. The molecule has 15 heavy (non-hydrogen) atoms. The summed E-state index contributed by atoms with van der Waals surface area (Å²) < 4.78 is 5.27. The topological polar surface area (TPSA) is 62.3 Å². The fraction of sp³-hybridized carbons (Fsp3) is 0.909. The molecule has 0 heterocycles. The molecule has 0 atom stereocenters. The first-order valence-electron chi connectivity index (χ1n) is 5.51. The highest BCUT2D eigenvalue weighted by Crippen LogP contribution is 2.19. The highest BCUT2D eigenvalue weighted by Gasteiger charge is 2.21. The minimum atomic E-state index is -0.195. The van der Waals surface area contributed by atoms with E-state index in [4.69, 9.17) is 15.9 Å². The Hall–Kier alpha value is -0.610. The second-order valence-electron chi connectivity index (χ2n) is 4.55. The van der Waals surface area contributed by atoms with Gasteiger partial charge in [-0.25, -0.2) is 0 Å². The molecule has 0 fully saturated rings. The van der Waals surface area contributed by atoms with Gasteiger partial charge >= 0.3 is 0 Å². The van der Waals surface area contributed by atoms with Gasteiger partial charge in [0, 0.05) is 18.6 Å². The first-order chi connectivity index (χ1) is 6.90. The predicted molar refractivity (Wildman–Crippen MR) is 64.3 cm³/mol. The molecule has 0 bridgehead atoms. The maximum Gasteiger partial charge on any atom is 0.0963 e. The maximum atomic E-state index is 7.44. The molecule has 0 aliphatic carbocycles. The van der Waals surface area contributed by atoms with Gasteiger partial charge in [-0.1, -0.05) is 13.8 Å². The molecule has 0 aromatic rings. The van der Waals surface area contributed by atoms with E-state index in [0.29, 0.717) is 0 Å². The van der Waals surface area contributed by atoms with Crippen LogP contribution in [0.5, 0.6) is 0 Å². The van der Waals surface area contributed by atoms with Crippen molar-refractivity contribution in [1.29, 1.82) is 5.41 Å². The van der Waals surface area contributed by atoms with E-state index in [2.05, 4.69) is 11.9 Å². The number of hydrogen-bond acceptors (Lipinski definition) is 3. The van der Waals surface area contributed by atoms with Gasteiger partial charge < -0.3 is 15.4 Å². The summed E-state index contributed by atoms with van der Waals surface area (Å²) >= 11 is 0. The number of rotatable bonds is 8. The number of nitrogens with zero attached hydrogens (tertiary/aromatic N) is 1. The van der Waals surface area contributed by atoms with E-state index in [0.717, 1.165) is 32.7 Å². The fourth-order valence-corrected chi connectivity index (χ4v) is 1.08. The quantitative estimate of drug-likeness (QED) is 0.364. The second kappa shape index (κ2) is 6.80. The molecule has 0 aliphatic rings. The van der Waals surface area contributed by atoms with Gasteiger partial charge in [0.05, 0.1) is 12.4 Å². The molecule has 0 aromatic carbocycles. The number of ether oxygens (including phenoxy) is 1. The van der Waals surface area contributed by atoms with E-state index >= 15 is 0 Å². The molecule has 0 unspecified atom stereocenters. The molecule has 0 rings (SSSR count). The monoisotopic (exact) mass is 215 g/mol. The third-order valence-corrected chi connectivity index (χ3v) is 2.67. The van der Waals surface area contributed by atoms with Crippen LogP contribution in [0.4, 0.5) is 0 Å². The lowest BCUT2D eigenvalue weighted by Gasteiger charge is -2.26. The Morgan fingerprint density at radius 2 is 2.00 bits per heavy atom. The van der Waals surface area contributed by atoms with Crippen molar-refractivity contribution in [3.05, 3.63) is 0 Å². The predicted octanol–water partition coefficient (Wildman–Crippen LogP) is 1.31. The van der Waals surface area contributed by atoms with Crippen LogP contribution in [-0.4, -0.2) is 44.1 Å². The van der Waals surface area contributed by atoms with Crippen molar-refractivity contribution in [3.8, 4) is 0 Å². The van der Waals surface area contributed by atoms with Crippen LogP contribution in [0, 0.1) is 10.8 Å². The van der Waals surface area contributed by atoms with Gasteiger partial charge in [-0.3, -0.25) is 5.41 Å². The Morgan fingerprint density at radius 3 is 2.47 bits per heavy atom. The summed E-state index contributed by atoms with van der Waals surface area (Å²) in [5, 5.41) is 7.44. The van der Waals surface area contributed by atoms with Crippen LogP contribution >= 0.6 is 0 Å². The number of nitrogens with one attached hydrogen (secondary N) is 1. The van der Waals surface area contributed by atoms with Gasteiger partial charge in [-0.15, -0.1) is 0 Å². The van der Waals surface area contributed by atoms with Crippen molar-refractivity contribution in [1.82, 2.24) is 4.90 Å². The minimum absolute atomic E-state index is 0.195. The Morgan fingerprint density at radius 1 is 1.40 bits per heavy atom. The first-order valence-corrected chi connectivity index (χ1v) is 5.51. The first kappa shape index (κ1) is 14.4. The van der Waals surface area contributed by atoms with Gasteiger partial charge in [-0.05, 0) is 26.9 Å². The highest BCUT2D eigenvalue weighted by molar-refractivity contribution is 5.82. The van der Waals surface area contributed by atoms with Crippen LogP contribution in [0.2, 0.25) is 0 Å². The normalized spacial score (nSPS) is 12.1. The van der Waals surface area contributed by atoms with Crippen molar-refractivity contribution in [2.24, 2.45) is 11.1 Å². The van der Waals surface area contributed by atoms with Crippen molar-refractivity contribution < 1.29 is 4.74 Å². The van der Waals surface area contributed by atoms with Crippen LogP contribution in [0.3, 0.4) is 0 Å². The maximum absolute atomic E-state index is 7.44. The lowest BCUT2D eigenvalue weighted by atomic mass is 9.88. The molecule has 0 aromatic heterocycles. The molecule has 0 saturated heterocycles. The van der Waals surface area contributed by atoms with Crippen LogP contribution in [0.1, 0.15) is 27.2 Å². The Labute approximate surface area is 93.3 Å². The molecule has 0 amide bonds. The van der Waals surface area contributed by atoms with Crippen LogP contribution in [0.15, 0.2) is 0 Å². The van der Waals surface area contributed by atoms with Crippen molar-refractivity contribution in [3.63, 3.8) is 0 Å². The second-order valence-corrected chi connectivity index (χ2v) is 4.55. The molecular formula is C11H25N3O. The van der Waals surface area contributed by atoms with E-state index in [1.807, 2.05) is 20.8 Å². The van der Waals surface area contributed by atoms with E-state index in [9.17, 15) is 0 Å². The third kappa shape index (κ3) is 6.47. The lowest BCUT2D eigenvalue weighted by Crippen LogP contribution is -2.35. The zero-order valence-electron chi connectivity index (χ0n) is 10.5. The van der Waals surface area contributed by atoms with Gasteiger partial charge in [0.15, 0.2) is 0 Å². The summed E-state index contributed by atoms with van der Waals surface area (Å²) in [6.07, 6.45) is 0.908. The largest absolute Gasteiger partial charge is 0.387 e. The average molecular weight is 215 g/mol. The number of nitrogens with two attached hydrogens (primary N) is 1. The Balaban J connectivity index is 3.70. The third-order valence-electron chi connectivity index (χ3n) is 2.67. The van der Waals surface area contributed by atoms with Gasteiger partial charge in [0.25, 0.3) is 0 Å². The molecule has 0 saturated carbocycles. The zero-order chi connectivity index (χ0) is 11.9. The van der Waals surface area contributed by atoms with Crippen molar-refractivity contribution in [2.75, 3.05) is 33.4 Å². The molecule has 4 nitrogen and oxygen atoms in total. The Kier molecular flexibility index (Phi) is 6.52. The van der Waals surface area contributed by atoms with Gasteiger partial charge in [-0.2, -0.15) is 0 Å². The van der Waals surface area contributed by atoms with Crippen LogP contribution in [0.25, 0.3) is 0 Å². The SMILES string of the molecule is CCOCCN(C)CCC(C)(C)C(=N)N. The molecule has 0 radical (unpaired) electrons. The average Bonchev–Trinajstić information content (AvgIpc) is 2.15. The minimum Gasteiger partial charge on any atom is -0.387 e. The molecule has 4 heteroatoms. The van der Waals surface area contributed by atoms with Crippen molar-refractivity contribution >= 4 is 5.84 Å². The van der Waals surface area contributed by atoms with E-state index in [1.54, 1.807) is 0 Å². The summed E-state index contributed by atoms with van der Waals surface area (Å²) in [6.45, 7) is 9.43. The Bertz CT molecular complexity index is 192. The molecule has 0 spiro atoms. The van der Waals surface area contributed by atoms with Gasteiger partial charge in [0.2, 0.25) is 0 Å². The van der Waals surface area contributed by atoms with Crippen molar-refractivity contribution in [2.45, 2.75) is 27.2 Å². The van der Waals surface area contributed by atoms with E-state index in [1.165, 1.54) is 0 Å². The summed E-state index contributed by atoms with van der Waals surface area (Å²) in [5.41, 5.74) is 5.32. The fourth-order valence-electron chi connectivity index (χ4n) is 1.08. The van der Waals surface area contributed by atoms with E-state index < -0.39 is 0 Å². The molecule has 3 N–H and O–H groups in total. The molecule has 0 aliphatic heterocycles. The number of hydrogen-bond donors (Lipinski definition) is 2. The van der Waals surface area contributed by atoms with Crippen LogP contribution in [-0.2, 0) is 4.74 Å². The van der Waals surface area contributed by atoms with Crippen LogP contribution < -0.4 is 5.73 Å². The zero-order valence-corrected chi connectivity index (χ0v) is 10.5. The summed E-state index contributed by atoms with van der Waals surface area (Å²) in [6, 6.07) is 0. The standard InChI is InChI=1S/C11H25N3O/c1-5-15-9-8-14(4)7-6-11(2,3)10(12)13/h5-9H2,1-4H3,(H3,12,13).